The average Bonchev–Trinajstić information content (AvgIpc) is 2.77. The summed E-state index contributed by atoms with van der Waals surface area (Å²) in [5.41, 5.74) is 1.03. The van der Waals surface area contributed by atoms with Crippen molar-refractivity contribution < 1.29 is 0 Å². The van der Waals surface area contributed by atoms with Crippen LogP contribution in [0.5, 0.6) is 0 Å². The molecule has 4 nitrogen and oxygen atoms in total. The van der Waals surface area contributed by atoms with Crippen molar-refractivity contribution in [3.63, 3.8) is 0 Å². The molecule has 0 spiro atoms. The van der Waals surface area contributed by atoms with Gasteiger partial charge >= 0.3 is 0 Å². The average molecular weight is 299 g/mol. The van der Waals surface area contributed by atoms with Crippen molar-refractivity contribution in [3.05, 3.63) is 27.6 Å². The van der Waals surface area contributed by atoms with Gasteiger partial charge in [0.2, 0.25) is 0 Å². The summed E-state index contributed by atoms with van der Waals surface area (Å²) in [5, 5.41) is 10.4. The first-order chi connectivity index (χ1) is 7.81. The van der Waals surface area contributed by atoms with Crippen molar-refractivity contribution >= 4 is 44.6 Å². The van der Waals surface area contributed by atoms with E-state index in [1.165, 1.54) is 6.33 Å². The van der Waals surface area contributed by atoms with Crippen molar-refractivity contribution in [1.29, 1.82) is 0 Å². The van der Waals surface area contributed by atoms with Gasteiger partial charge in [0.1, 0.15) is 22.4 Å². The molecular formula is C10H11BrN4S. The summed E-state index contributed by atoms with van der Waals surface area (Å²) in [6.45, 7) is 2.86. The molecule has 0 unspecified atom stereocenters. The fraction of sp³-hybridized carbons (Fsp3) is 0.200. The van der Waals surface area contributed by atoms with Gasteiger partial charge in [-0.3, -0.25) is 0 Å². The highest BCUT2D eigenvalue weighted by Crippen LogP contribution is 2.29. The van der Waals surface area contributed by atoms with E-state index in [0.717, 1.165) is 28.3 Å². The molecule has 2 aromatic heterocycles. The number of hydrogen-bond acceptors (Lipinski definition) is 5. The number of anilines is 3. The highest BCUT2D eigenvalue weighted by molar-refractivity contribution is 9.10. The number of nitrogens with zero attached hydrogens (tertiary/aromatic N) is 2. The minimum absolute atomic E-state index is 0.768. The molecule has 2 rings (SSSR count). The van der Waals surface area contributed by atoms with Crippen LogP contribution in [0, 0.1) is 0 Å². The van der Waals surface area contributed by atoms with E-state index in [2.05, 4.69) is 36.5 Å². The smallest absolute Gasteiger partial charge is 0.150 e. The maximum absolute atomic E-state index is 4.19. The quantitative estimate of drug-likeness (QED) is 0.907. The van der Waals surface area contributed by atoms with Gasteiger partial charge in [-0.25, -0.2) is 9.97 Å². The molecule has 2 N–H and O–H groups in total. The molecule has 0 bridgehead atoms. The van der Waals surface area contributed by atoms with E-state index in [4.69, 9.17) is 0 Å². The largest absolute Gasteiger partial charge is 0.369 e. The maximum atomic E-state index is 4.19. The summed E-state index contributed by atoms with van der Waals surface area (Å²) in [7, 11) is 0. The van der Waals surface area contributed by atoms with Crippen LogP contribution in [0.2, 0.25) is 0 Å². The number of nitrogens with one attached hydrogen (secondary N) is 2. The molecule has 0 amide bonds. The zero-order valence-electron chi connectivity index (χ0n) is 8.70. The van der Waals surface area contributed by atoms with Crippen molar-refractivity contribution in [1.82, 2.24) is 9.97 Å². The molecule has 6 heteroatoms. The Balaban J connectivity index is 2.24. The van der Waals surface area contributed by atoms with Crippen LogP contribution in [0.15, 0.2) is 27.6 Å². The number of aromatic nitrogens is 2. The highest BCUT2D eigenvalue weighted by Gasteiger charge is 2.07. The molecule has 0 aliphatic carbocycles. The van der Waals surface area contributed by atoms with Gasteiger partial charge in [0, 0.05) is 11.9 Å². The van der Waals surface area contributed by atoms with E-state index in [1.54, 1.807) is 11.3 Å². The van der Waals surface area contributed by atoms with Crippen molar-refractivity contribution in [2.24, 2.45) is 0 Å². The Kier molecular flexibility index (Phi) is 3.74. The first kappa shape index (κ1) is 11.3. The lowest BCUT2D eigenvalue weighted by atomic mass is 10.4. The first-order valence-corrected chi connectivity index (χ1v) is 6.58. The second-order valence-electron chi connectivity index (χ2n) is 3.05. The molecule has 0 atom stereocenters. The number of halogens is 1. The molecule has 2 heterocycles. The molecular weight excluding hydrogens is 288 g/mol. The van der Waals surface area contributed by atoms with Gasteiger partial charge in [0.15, 0.2) is 0 Å². The van der Waals surface area contributed by atoms with Gasteiger partial charge in [-0.05, 0) is 34.3 Å². The summed E-state index contributed by atoms with van der Waals surface area (Å²) in [4.78, 5) is 8.34. The Morgan fingerprint density at radius 2 is 2.19 bits per heavy atom. The second kappa shape index (κ2) is 5.27. The second-order valence-corrected chi connectivity index (χ2v) is 4.63. The third-order valence-corrected chi connectivity index (χ3v) is 3.35. The fourth-order valence-electron chi connectivity index (χ4n) is 1.22. The van der Waals surface area contributed by atoms with Gasteiger partial charge in [-0.2, -0.15) is 11.3 Å². The lowest BCUT2D eigenvalue weighted by molar-refractivity contribution is 1.10. The Morgan fingerprint density at radius 1 is 1.38 bits per heavy atom. The first-order valence-electron chi connectivity index (χ1n) is 4.85. The molecule has 0 saturated carbocycles. The maximum Gasteiger partial charge on any atom is 0.150 e. The molecule has 0 aromatic carbocycles. The topological polar surface area (TPSA) is 49.8 Å². The SMILES string of the molecule is CCNc1ncnc(Nc2ccsc2)c1Br. The van der Waals surface area contributed by atoms with Crippen molar-refractivity contribution in [2.45, 2.75) is 6.92 Å². The van der Waals surface area contributed by atoms with E-state index < -0.39 is 0 Å². The van der Waals surface area contributed by atoms with Crippen molar-refractivity contribution in [2.75, 3.05) is 17.2 Å². The molecule has 0 radical (unpaired) electrons. The van der Waals surface area contributed by atoms with Crippen LogP contribution < -0.4 is 10.6 Å². The van der Waals surface area contributed by atoms with Gasteiger partial charge < -0.3 is 10.6 Å². The van der Waals surface area contributed by atoms with E-state index in [0.29, 0.717) is 0 Å². The van der Waals surface area contributed by atoms with E-state index >= 15 is 0 Å². The van der Waals surface area contributed by atoms with E-state index in [1.807, 2.05) is 23.8 Å². The third-order valence-electron chi connectivity index (χ3n) is 1.92. The fourth-order valence-corrected chi connectivity index (χ4v) is 2.25. The lowest BCUT2D eigenvalue weighted by Gasteiger charge is -2.09. The summed E-state index contributed by atoms with van der Waals surface area (Å²) in [5.74, 6) is 1.57. The molecule has 0 fully saturated rings. The molecule has 84 valence electrons. The monoisotopic (exact) mass is 298 g/mol. The summed E-state index contributed by atoms with van der Waals surface area (Å²) >= 11 is 5.12. The summed E-state index contributed by atoms with van der Waals surface area (Å²) in [6.07, 6.45) is 1.54. The minimum Gasteiger partial charge on any atom is -0.369 e. The third kappa shape index (κ3) is 2.51. The van der Waals surface area contributed by atoms with Crippen LogP contribution in [0.25, 0.3) is 0 Å². The zero-order chi connectivity index (χ0) is 11.4. The minimum atomic E-state index is 0.768. The van der Waals surface area contributed by atoms with E-state index in [9.17, 15) is 0 Å². The standard InChI is InChI=1S/C10H11BrN4S/c1-2-12-9-8(11)10(14-6-13-9)15-7-3-4-16-5-7/h3-6H,2H2,1H3,(H2,12,13,14,15). The van der Waals surface area contributed by atoms with Gasteiger partial charge in [0.05, 0.1) is 5.69 Å². The number of thiophene rings is 1. The van der Waals surface area contributed by atoms with Crippen molar-refractivity contribution in [3.8, 4) is 0 Å². The highest BCUT2D eigenvalue weighted by atomic mass is 79.9. The molecule has 0 aliphatic heterocycles. The summed E-state index contributed by atoms with van der Waals surface area (Å²) < 4.78 is 0.850. The van der Waals surface area contributed by atoms with Crippen LogP contribution in [-0.2, 0) is 0 Å². The molecule has 0 aliphatic rings. The van der Waals surface area contributed by atoms with Crippen LogP contribution in [0.3, 0.4) is 0 Å². The molecule has 2 aromatic rings. The summed E-state index contributed by atoms with van der Waals surface area (Å²) in [6, 6.07) is 2.01. The lowest BCUT2D eigenvalue weighted by Crippen LogP contribution is -2.03. The Morgan fingerprint density at radius 3 is 2.88 bits per heavy atom. The molecule has 16 heavy (non-hydrogen) atoms. The molecule has 0 saturated heterocycles. The Bertz CT molecular complexity index is 458. The predicted molar refractivity (Wildman–Crippen MR) is 71.5 cm³/mol. The number of rotatable bonds is 4. The zero-order valence-corrected chi connectivity index (χ0v) is 11.1. The predicted octanol–water partition coefficient (Wildman–Crippen LogP) is 3.48. The number of hydrogen-bond donors (Lipinski definition) is 2. The Labute approximate surface area is 106 Å². The van der Waals surface area contributed by atoms with Crippen LogP contribution in [0.4, 0.5) is 17.3 Å². The van der Waals surface area contributed by atoms with Crippen LogP contribution in [-0.4, -0.2) is 16.5 Å². The van der Waals surface area contributed by atoms with Gasteiger partial charge in [-0.15, -0.1) is 0 Å². The van der Waals surface area contributed by atoms with Gasteiger partial charge in [-0.1, -0.05) is 0 Å². The van der Waals surface area contributed by atoms with Crippen LogP contribution in [0.1, 0.15) is 6.92 Å². The van der Waals surface area contributed by atoms with Crippen LogP contribution >= 0.6 is 27.3 Å². The Hall–Kier alpha value is -1.14. The van der Waals surface area contributed by atoms with Gasteiger partial charge in [0.25, 0.3) is 0 Å². The van der Waals surface area contributed by atoms with E-state index in [-0.39, 0.29) is 0 Å². The normalized spacial score (nSPS) is 10.1.